The van der Waals surface area contributed by atoms with Crippen molar-refractivity contribution < 1.29 is 5.11 Å². The summed E-state index contributed by atoms with van der Waals surface area (Å²) < 4.78 is 0. The van der Waals surface area contributed by atoms with Crippen LogP contribution in [0.5, 0.6) is 0 Å². The molecule has 0 saturated carbocycles. The van der Waals surface area contributed by atoms with E-state index < -0.39 is 6.10 Å². The monoisotopic (exact) mass is 325 g/mol. The second-order valence-electron chi connectivity index (χ2n) is 6.77. The fourth-order valence-electron chi connectivity index (χ4n) is 3.64. The molecule has 1 fully saturated rings. The average molecular weight is 325 g/mol. The fourth-order valence-corrected chi connectivity index (χ4v) is 3.64. The van der Waals surface area contributed by atoms with Gasteiger partial charge < -0.3 is 10.4 Å². The van der Waals surface area contributed by atoms with Gasteiger partial charge in [-0.2, -0.15) is 0 Å². The van der Waals surface area contributed by atoms with Gasteiger partial charge in [0.05, 0.1) is 6.10 Å². The zero-order valence-electron chi connectivity index (χ0n) is 14.5. The Morgan fingerprint density at radius 2 is 2.04 bits per heavy atom. The summed E-state index contributed by atoms with van der Waals surface area (Å²) in [6, 6.07) is 15.1. The van der Waals surface area contributed by atoms with Gasteiger partial charge in [-0.1, -0.05) is 36.4 Å². The number of aromatic nitrogens is 1. The van der Waals surface area contributed by atoms with Crippen molar-refractivity contribution in [2.24, 2.45) is 5.92 Å². The van der Waals surface area contributed by atoms with E-state index in [2.05, 4.69) is 52.6 Å². The molecule has 4 nitrogen and oxygen atoms in total. The van der Waals surface area contributed by atoms with Crippen LogP contribution in [0.15, 0.2) is 48.7 Å². The van der Waals surface area contributed by atoms with E-state index in [0.29, 0.717) is 12.0 Å². The number of aliphatic hydroxyl groups is 1. The standard InChI is InChI=1S/C20H27N3O/c1-15(24)17-10-11-19(21-13-17)22-14-18-9-6-12-23(2)20(18)16-7-4-3-5-8-16/h3-5,7-8,10-11,13,15,18,20,24H,6,9,12,14H2,1-2H3,(H,21,22)/t15?,18-,20-/m1/s1. The molecule has 0 radical (unpaired) electrons. The molecular weight excluding hydrogens is 298 g/mol. The number of benzene rings is 1. The molecule has 1 saturated heterocycles. The van der Waals surface area contributed by atoms with E-state index >= 15 is 0 Å². The average Bonchev–Trinajstić information content (AvgIpc) is 2.61. The highest BCUT2D eigenvalue weighted by Crippen LogP contribution is 2.35. The van der Waals surface area contributed by atoms with E-state index in [1.54, 1.807) is 13.1 Å². The summed E-state index contributed by atoms with van der Waals surface area (Å²) in [6.07, 6.45) is 3.73. The fraction of sp³-hybridized carbons (Fsp3) is 0.450. The first-order chi connectivity index (χ1) is 11.6. The summed E-state index contributed by atoms with van der Waals surface area (Å²) in [6.45, 7) is 3.81. The molecule has 0 aliphatic carbocycles. The molecular formula is C20H27N3O. The first-order valence-corrected chi connectivity index (χ1v) is 8.78. The maximum atomic E-state index is 9.57. The van der Waals surface area contributed by atoms with E-state index in [-0.39, 0.29) is 0 Å². The van der Waals surface area contributed by atoms with E-state index in [1.165, 1.54) is 18.4 Å². The minimum Gasteiger partial charge on any atom is -0.389 e. The molecule has 0 amide bonds. The normalized spacial score (nSPS) is 23.0. The van der Waals surface area contributed by atoms with Gasteiger partial charge in [-0.3, -0.25) is 4.90 Å². The molecule has 0 spiro atoms. The third kappa shape index (κ3) is 3.94. The largest absolute Gasteiger partial charge is 0.389 e. The van der Waals surface area contributed by atoms with Crippen molar-refractivity contribution in [3.8, 4) is 0 Å². The second-order valence-corrected chi connectivity index (χ2v) is 6.77. The minimum absolute atomic E-state index is 0.448. The van der Waals surface area contributed by atoms with Gasteiger partial charge in [0.25, 0.3) is 0 Å². The van der Waals surface area contributed by atoms with Gasteiger partial charge in [-0.05, 0) is 56.5 Å². The van der Waals surface area contributed by atoms with Crippen molar-refractivity contribution >= 4 is 5.82 Å². The van der Waals surface area contributed by atoms with Gasteiger partial charge in [0.2, 0.25) is 0 Å². The number of nitrogens with zero attached hydrogens (tertiary/aromatic N) is 2. The molecule has 1 aliphatic heterocycles. The molecule has 1 aromatic carbocycles. The molecule has 1 aromatic heterocycles. The number of aliphatic hydroxyl groups excluding tert-OH is 1. The van der Waals surface area contributed by atoms with Crippen molar-refractivity contribution in [2.75, 3.05) is 25.5 Å². The Bertz CT molecular complexity index is 627. The number of nitrogens with one attached hydrogen (secondary N) is 1. The van der Waals surface area contributed by atoms with Crippen LogP contribution >= 0.6 is 0 Å². The molecule has 3 atom stereocenters. The lowest BCUT2D eigenvalue weighted by Crippen LogP contribution is -2.39. The molecule has 0 bridgehead atoms. The van der Waals surface area contributed by atoms with E-state index in [9.17, 15) is 5.11 Å². The van der Waals surface area contributed by atoms with Gasteiger partial charge in [-0.25, -0.2) is 4.98 Å². The lowest BCUT2D eigenvalue weighted by molar-refractivity contribution is 0.128. The van der Waals surface area contributed by atoms with Crippen molar-refractivity contribution in [1.29, 1.82) is 0 Å². The van der Waals surface area contributed by atoms with Crippen molar-refractivity contribution in [3.05, 3.63) is 59.8 Å². The predicted molar refractivity (Wildman–Crippen MR) is 97.9 cm³/mol. The Morgan fingerprint density at radius 1 is 1.25 bits per heavy atom. The minimum atomic E-state index is -0.471. The van der Waals surface area contributed by atoms with Crippen molar-refractivity contribution in [2.45, 2.75) is 31.9 Å². The molecule has 2 aromatic rings. The second kappa shape index (κ2) is 7.77. The summed E-state index contributed by atoms with van der Waals surface area (Å²) in [7, 11) is 2.22. The highest BCUT2D eigenvalue weighted by atomic mass is 16.3. The maximum absolute atomic E-state index is 9.57. The number of likely N-dealkylation sites (tertiary alicyclic amines) is 1. The van der Waals surface area contributed by atoms with Gasteiger partial charge in [0, 0.05) is 18.8 Å². The van der Waals surface area contributed by atoms with Crippen LogP contribution in [0.4, 0.5) is 5.82 Å². The number of pyridine rings is 1. The number of anilines is 1. The lowest BCUT2D eigenvalue weighted by Gasteiger charge is -2.39. The molecule has 4 heteroatoms. The first kappa shape index (κ1) is 16.9. The zero-order chi connectivity index (χ0) is 16.9. The summed E-state index contributed by atoms with van der Waals surface area (Å²) in [4.78, 5) is 6.88. The lowest BCUT2D eigenvalue weighted by atomic mass is 9.85. The van der Waals surface area contributed by atoms with Crippen LogP contribution in [0.3, 0.4) is 0 Å². The Morgan fingerprint density at radius 3 is 2.71 bits per heavy atom. The molecule has 24 heavy (non-hydrogen) atoms. The third-order valence-electron chi connectivity index (χ3n) is 4.96. The van der Waals surface area contributed by atoms with Crippen molar-refractivity contribution in [3.63, 3.8) is 0 Å². The van der Waals surface area contributed by atoms with Crippen LogP contribution in [0.25, 0.3) is 0 Å². The van der Waals surface area contributed by atoms with Gasteiger partial charge >= 0.3 is 0 Å². The summed E-state index contributed by atoms with van der Waals surface area (Å²) >= 11 is 0. The highest BCUT2D eigenvalue weighted by Gasteiger charge is 2.30. The Hall–Kier alpha value is -1.91. The van der Waals surface area contributed by atoms with E-state index in [4.69, 9.17) is 0 Å². The van der Waals surface area contributed by atoms with Gasteiger partial charge in [0.1, 0.15) is 5.82 Å². The summed E-state index contributed by atoms with van der Waals surface area (Å²) in [5.41, 5.74) is 2.24. The van der Waals surface area contributed by atoms with E-state index in [1.807, 2.05) is 12.1 Å². The number of hydrogen-bond donors (Lipinski definition) is 2. The highest BCUT2D eigenvalue weighted by molar-refractivity contribution is 5.36. The Kier molecular flexibility index (Phi) is 5.48. The third-order valence-corrected chi connectivity index (χ3v) is 4.96. The number of hydrogen-bond acceptors (Lipinski definition) is 4. The van der Waals surface area contributed by atoms with Gasteiger partial charge in [0.15, 0.2) is 0 Å². The van der Waals surface area contributed by atoms with Crippen LogP contribution in [0.1, 0.15) is 43.0 Å². The van der Waals surface area contributed by atoms with Crippen molar-refractivity contribution in [1.82, 2.24) is 9.88 Å². The number of rotatable bonds is 5. The van der Waals surface area contributed by atoms with Crippen LogP contribution in [0.2, 0.25) is 0 Å². The molecule has 1 aliphatic rings. The van der Waals surface area contributed by atoms with Crippen LogP contribution in [0, 0.1) is 5.92 Å². The molecule has 1 unspecified atom stereocenters. The Balaban J connectivity index is 1.68. The van der Waals surface area contributed by atoms with Crippen LogP contribution < -0.4 is 5.32 Å². The summed E-state index contributed by atoms with van der Waals surface area (Å²) in [5, 5.41) is 13.1. The molecule has 128 valence electrons. The SMILES string of the molecule is CC(O)c1ccc(NC[C@H]2CCCN(C)[C@@H]2c2ccccc2)nc1. The van der Waals surface area contributed by atoms with E-state index in [0.717, 1.165) is 24.5 Å². The zero-order valence-corrected chi connectivity index (χ0v) is 14.5. The molecule has 2 heterocycles. The van der Waals surface area contributed by atoms with Gasteiger partial charge in [-0.15, -0.1) is 0 Å². The quantitative estimate of drug-likeness (QED) is 0.881. The number of piperidine rings is 1. The smallest absolute Gasteiger partial charge is 0.125 e. The first-order valence-electron chi connectivity index (χ1n) is 8.78. The molecule has 2 N–H and O–H groups in total. The van der Waals surface area contributed by atoms with Crippen LogP contribution in [-0.4, -0.2) is 35.1 Å². The maximum Gasteiger partial charge on any atom is 0.125 e. The molecule has 3 rings (SSSR count). The van der Waals surface area contributed by atoms with Crippen LogP contribution in [-0.2, 0) is 0 Å². The summed E-state index contributed by atoms with van der Waals surface area (Å²) in [5.74, 6) is 1.43. The topological polar surface area (TPSA) is 48.4 Å². The predicted octanol–water partition coefficient (Wildman–Crippen LogP) is 3.63. The Labute approximate surface area is 144 Å².